The van der Waals surface area contributed by atoms with E-state index in [-0.39, 0.29) is 5.97 Å². The zero-order valence-corrected chi connectivity index (χ0v) is 9.61. The molecule has 0 unspecified atom stereocenters. The Morgan fingerprint density at radius 3 is 3.00 bits per heavy atom. The second-order valence-corrected chi connectivity index (χ2v) is 3.93. The van der Waals surface area contributed by atoms with Crippen LogP contribution in [0.4, 0.5) is 0 Å². The van der Waals surface area contributed by atoms with E-state index in [1.807, 2.05) is 12.1 Å². The zero-order valence-electron chi connectivity index (χ0n) is 8.03. The van der Waals surface area contributed by atoms with Crippen LogP contribution in [-0.2, 0) is 4.74 Å². The topological polar surface area (TPSA) is 39.2 Å². The van der Waals surface area contributed by atoms with Crippen molar-refractivity contribution in [1.29, 1.82) is 0 Å². The Morgan fingerprint density at radius 2 is 2.27 bits per heavy atom. The van der Waals surface area contributed by atoms with Gasteiger partial charge in [-0.1, -0.05) is 22.0 Å². The lowest BCUT2D eigenvalue weighted by atomic mass is 10.1. The van der Waals surface area contributed by atoms with E-state index >= 15 is 0 Å². The zero-order chi connectivity index (χ0) is 10.8. The van der Waals surface area contributed by atoms with Crippen molar-refractivity contribution in [2.75, 3.05) is 7.11 Å². The van der Waals surface area contributed by atoms with Crippen molar-refractivity contribution in [1.82, 2.24) is 4.98 Å². The summed E-state index contributed by atoms with van der Waals surface area (Å²) in [4.78, 5) is 15.7. The van der Waals surface area contributed by atoms with Gasteiger partial charge in [0.15, 0.2) is 0 Å². The fourth-order valence-corrected chi connectivity index (χ4v) is 1.87. The molecule has 0 fully saturated rings. The Hall–Kier alpha value is -1.42. The van der Waals surface area contributed by atoms with E-state index in [9.17, 15) is 4.79 Å². The van der Waals surface area contributed by atoms with Crippen molar-refractivity contribution in [3.63, 3.8) is 0 Å². The standard InChI is InChI=1S/C11H8BrNO2/c1-15-11(14)9-5-7(12)6-10-8(9)3-2-4-13-10/h2-6H,1H3. The lowest BCUT2D eigenvalue weighted by Crippen LogP contribution is -2.02. The molecule has 0 aliphatic carbocycles. The summed E-state index contributed by atoms with van der Waals surface area (Å²) < 4.78 is 5.53. The minimum Gasteiger partial charge on any atom is -0.465 e. The first-order valence-electron chi connectivity index (χ1n) is 4.35. The largest absolute Gasteiger partial charge is 0.465 e. The molecule has 2 aromatic rings. The maximum absolute atomic E-state index is 11.5. The third-order valence-electron chi connectivity index (χ3n) is 2.09. The molecular weight excluding hydrogens is 258 g/mol. The highest BCUT2D eigenvalue weighted by molar-refractivity contribution is 9.10. The molecule has 0 spiro atoms. The number of fused-ring (bicyclic) bond motifs is 1. The van der Waals surface area contributed by atoms with Crippen LogP contribution in [0, 0.1) is 0 Å². The van der Waals surface area contributed by atoms with Crippen LogP contribution in [0.5, 0.6) is 0 Å². The maximum Gasteiger partial charge on any atom is 0.338 e. The summed E-state index contributed by atoms with van der Waals surface area (Å²) >= 11 is 3.33. The van der Waals surface area contributed by atoms with Crippen molar-refractivity contribution in [2.45, 2.75) is 0 Å². The molecule has 1 heterocycles. The number of aromatic nitrogens is 1. The van der Waals surface area contributed by atoms with Gasteiger partial charge in [0.05, 0.1) is 18.2 Å². The van der Waals surface area contributed by atoms with E-state index in [4.69, 9.17) is 4.74 Å². The molecule has 1 aromatic heterocycles. The minimum absolute atomic E-state index is 0.352. The normalized spacial score (nSPS) is 10.3. The van der Waals surface area contributed by atoms with Crippen LogP contribution < -0.4 is 0 Å². The first kappa shape index (κ1) is 10.1. The highest BCUT2D eigenvalue weighted by Crippen LogP contribution is 2.23. The molecule has 76 valence electrons. The predicted octanol–water partition coefficient (Wildman–Crippen LogP) is 2.78. The van der Waals surface area contributed by atoms with Gasteiger partial charge in [0.1, 0.15) is 0 Å². The fraction of sp³-hybridized carbons (Fsp3) is 0.0909. The van der Waals surface area contributed by atoms with Crippen LogP contribution in [0.1, 0.15) is 10.4 Å². The van der Waals surface area contributed by atoms with Gasteiger partial charge < -0.3 is 4.74 Å². The van der Waals surface area contributed by atoms with Crippen molar-refractivity contribution in [2.24, 2.45) is 0 Å². The molecule has 0 saturated heterocycles. The van der Waals surface area contributed by atoms with Gasteiger partial charge >= 0.3 is 5.97 Å². The number of carbonyl (C=O) groups excluding carboxylic acids is 1. The molecule has 15 heavy (non-hydrogen) atoms. The maximum atomic E-state index is 11.5. The summed E-state index contributed by atoms with van der Waals surface area (Å²) in [5, 5.41) is 0.799. The van der Waals surface area contributed by atoms with Gasteiger partial charge in [-0.3, -0.25) is 4.98 Å². The van der Waals surface area contributed by atoms with E-state index in [0.29, 0.717) is 5.56 Å². The number of rotatable bonds is 1. The molecule has 2 rings (SSSR count). The average molecular weight is 266 g/mol. The number of carbonyl (C=O) groups is 1. The van der Waals surface area contributed by atoms with Gasteiger partial charge in [-0.25, -0.2) is 4.79 Å². The third kappa shape index (κ3) is 1.85. The van der Waals surface area contributed by atoms with E-state index < -0.39 is 0 Å². The number of ether oxygens (including phenoxy) is 1. The van der Waals surface area contributed by atoms with Gasteiger partial charge in [0.25, 0.3) is 0 Å². The van der Waals surface area contributed by atoms with E-state index in [1.165, 1.54) is 7.11 Å². The van der Waals surface area contributed by atoms with Crippen molar-refractivity contribution in [3.8, 4) is 0 Å². The van der Waals surface area contributed by atoms with Crippen LogP contribution in [-0.4, -0.2) is 18.1 Å². The number of pyridine rings is 1. The molecule has 0 saturated carbocycles. The van der Waals surface area contributed by atoms with Crippen molar-refractivity contribution < 1.29 is 9.53 Å². The van der Waals surface area contributed by atoms with Crippen molar-refractivity contribution in [3.05, 3.63) is 40.5 Å². The van der Waals surface area contributed by atoms with Gasteiger partial charge in [-0.2, -0.15) is 0 Å². The summed E-state index contributed by atoms with van der Waals surface area (Å²) in [6.07, 6.45) is 1.69. The van der Waals surface area contributed by atoms with Crippen LogP contribution in [0.2, 0.25) is 0 Å². The highest BCUT2D eigenvalue weighted by Gasteiger charge is 2.11. The number of halogens is 1. The summed E-state index contributed by atoms with van der Waals surface area (Å²) in [6.45, 7) is 0. The Bertz CT molecular complexity index is 525. The van der Waals surface area contributed by atoms with Crippen LogP contribution in [0.15, 0.2) is 34.9 Å². The molecule has 0 radical (unpaired) electrons. The Kier molecular flexibility index (Phi) is 2.68. The highest BCUT2D eigenvalue weighted by atomic mass is 79.9. The molecule has 0 amide bonds. The van der Waals surface area contributed by atoms with E-state index in [0.717, 1.165) is 15.4 Å². The minimum atomic E-state index is -0.352. The van der Waals surface area contributed by atoms with E-state index in [2.05, 4.69) is 20.9 Å². The Balaban J connectivity index is 2.76. The number of hydrogen-bond acceptors (Lipinski definition) is 3. The lowest BCUT2D eigenvalue weighted by Gasteiger charge is -2.04. The number of methoxy groups -OCH3 is 1. The number of esters is 1. The van der Waals surface area contributed by atoms with Crippen LogP contribution in [0.3, 0.4) is 0 Å². The molecule has 0 aliphatic heterocycles. The molecule has 3 nitrogen and oxygen atoms in total. The van der Waals surface area contributed by atoms with Gasteiger partial charge in [0.2, 0.25) is 0 Å². The second-order valence-electron chi connectivity index (χ2n) is 3.02. The average Bonchev–Trinajstić information content (AvgIpc) is 2.26. The van der Waals surface area contributed by atoms with Gasteiger partial charge in [-0.05, 0) is 18.2 Å². The quantitative estimate of drug-likeness (QED) is 0.745. The number of hydrogen-bond donors (Lipinski definition) is 0. The first-order valence-corrected chi connectivity index (χ1v) is 5.14. The molecule has 1 aromatic carbocycles. The van der Waals surface area contributed by atoms with Crippen LogP contribution in [0.25, 0.3) is 10.9 Å². The summed E-state index contributed by atoms with van der Waals surface area (Å²) in [5.74, 6) is -0.352. The Labute approximate surface area is 95.2 Å². The fourth-order valence-electron chi connectivity index (χ4n) is 1.43. The molecule has 0 aliphatic rings. The van der Waals surface area contributed by atoms with E-state index in [1.54, 1.807) is 18.3 Å². The van der Waals surface area contributed by atoms with Crippen molar-refractivity contribution >= 4 is 32.8 Å². The second kappa shape index (κ2) is 3.98. The number of benzene rings is 1. The van der Waals surface area contributed by atoms with Crippen LogP contribution >= 0.6 is 15.9 Å². The lowest BCUT2D eigenvalue weighted by molar-refractivity contribution is 0.0603. The number of nitrogens with zero attached hydrogens (tertiary/aromatic N) is 1. The Morgan fingerprint density at radius 1 is 1.47 bits per heavy atom. The SMILES string of the molecule is COC(=O)c1cc(Br)cc2ncccc12. The summed E-state index contributed by atoms with van der Waals surface area (Å²) in [7, 11) is 1.37. The molecule has 4 heteroatoms. The van der Waals surface area contributed by atoms with Gasteiger partial charge in [-0.15, -0.1) is 0 Å². The smallest absolute Gasteiger partial charge is 0.338 e. The molecule has 0 atom stereocenters. The molecular formula is C11H8BrNO2. The molecule has 0 N–H and O–H groups in total. The first-order chi connectivity index (χ1) is 7.22. The van der Waals surface area contributed by atoms with Gasteiger partial charge in [0, 0.05) is 16.1 Å². The molecule has 0 bridgehead atoms. The summed E-state index contributed by atoms with van der Waals surface area (Å²) in [6, 6.07) is 7.24. The monoisotopic (exact) mass is 265 g/mol. The third-order valence-corrected chi connectivity index (χ3v) is 2.55. The predicted molar refractivity (Wildman–Crippen MR) is 60.8 cm³/mol. The summed E-state index contributed by atoms with van der Waals surface area (Å²) in [5.41, 5.74) is 1.29.